The summed E-state index contributed by atoms with van der Waals surface area (Å²) < 4.78 is 3.20. The zero-order valence-corrected chi connectivity index (χ0v) is 10.2. The highest BCUT2D eigenvalue weighted by molar-refractivity contribution is 5.32. The van der Waals surface area contributed by atoms with Crippen LogP contribution in [0.1, 0.15) is 43.8 Å². The molecule has 1 saturated carbocycles. The van der Waals surface area contributed by atoms with E-state index in [2.05, 4.69) is 0 Å². The maximum atomic E-state index is 12.1. The van der Waals surface area contributed by atoms with Gasteiger partial charge in [0.2, 0.25) is 0 Å². The van der Waals surface area contributed by atoms with E-state index < -0.39 is 10.5 Å². The molecule has 17 heavy (non-hydrogen) atoms. The Bertz CT molecular complexity index is 495. The second kappa shape index (κ2) is 4.35. The van der Waals surface area contributed by atoms with E-state index in [0.29, 0.717) is 5.69 Å². The summed E-state index contributed by atoms with van der Waals surface area (Å²) in [5.41, 5.74) is -0.300. The fraction of sp³-hybridized carbons (Fsp3) is 0.727. The summed E-state index contributed by atoms with van der Waals surface area (Å²) in [4.78, 5) is 22.3. The fourth-order valence-electron chi connectivity index (χ4n) is 2.66. The topological polar surface area (TPSA) is 70.1 Å². The van der Waals surface area contributed by atoms with Crippen molar-refractivity contribution in [1.29, 1.82) is 0 Å². The Kier molecular flexibility index (Phi) is 3.04. The molecule has 2 rings (SSSR count). The van der Waals surface area contributed by atoms with E-state index in [1.165, 1.54) is 6.42 Å². The first-order chi connectivity index (χ1) is 8.04. The highest BCUT2D eigenvalue weighted by Crippen LogP contribution is 2.28. The van der Waals surface area contributed by atoms with Gasteiger partial charge in [-0.1, -0.05) is 19.3 Å². The molecule has 0 bridgehead atoms. The highest BCUT2D eigenvalue weighted by atomic mass is 16.6. The van der Waals surface area contributed by atoms with Crippen LogP contribution in [0.5, 0.6) is 0 Å². The molecule has 1 aromatic heterocycles. The van der Waals surface area contributed by atoms with Crippen LogP contribution < -0.4 is 5.56 Å². The Morgan fingerprint density at radius 2 is 1.88 bits per heavy atom. The Hall–Kier alpha value is -1.59. The largest absolute Gasteiger partial charge is 0.355 e. The highest BCUT2D eigenvalue weighted by Gasteiger charge is 2.28. The molecule has 1 aliphatic carbocycles. The summed E-state index contributed by atoms with van der Waals surface area (Å²) in [6, 6.07) is 0.119. The fourth-order valence-corrected chi connectivity index (χ4v) is 2.66. The minimum atomic E-state index is -0.572. The molecule has 0 amide bonds. The van der Waals surface area contributed by atoms with E-state index in [-0.39, 0.29) is 11.7 Å². The molecule has 1 aliphatic rings. The normalized spacial score (nSPS) is 17.3. The van der Waals surface area contributed by atoms with Crippen LogP contribution in [-0.2, 0) is 7.05 Å². The van der Waals surface area contributed by atoms with Gasteiger partial charge in [0.05, 0.1) is 11.0 Å². The van der Waals surface area contributed by atoms with Gasteiger partial charge in [-0.15, -0.1) is 0 Å². The molecule has 0 N–H and O–H groups in total. The molecule has 94 valence electrons. The first-order valence-electron chi connectivity index (χ1n) is 5.96. The Morgan fingerprint density at radius 3 is 2.35 bits per heavy atom. The molecule has 0 radical (unpaired) electrons. The van der Waals surface area contributed by atoms with Crippen molar-refractivity contribution in [2.24, 2.45) is 7.05 Å². The number of rotatable bonds is 2. The maximum Gasteiger partial charge on any atom is 0.355 e. The number of hydrogen-bond acceptors (Lipinski definition) is 3. The number of aromatic nitrogens is 2. The Labute approximate surface area is 99.0 Å². The standard InChI is InChI=1S/C11H17N3O3/c1-8-10(14(16)17)11(15)13(12(8)2)9-6-4-3-5-7-9/h9H,3-7H2,1-2H3. The molecule has 0 unspecified atom stereocenters. The lowest BCUT2D eigenvalue weighted by atomic mass is 9.96. The monoisotopic (exact) mass is 239 g/mol. The lowest BCUT2D eigenvalue weighted by Gasteiger charge is -2.24. The summed E-state index contributed by atoms with van der Waals surface area (Å²) in [7, 11) is 1.72. The van der Waals surface area contributed by atoms with Gasteiger partial charge in [0.25, 0.3) is 0 Å². The van der Waals surface area contributed by atoms with Crippen molar-refractivity contribution in [3.8, 4) is 0 Å². The van der Waals surface area contributed by atoms with Crippen molar-refractivity contribution < 1.29 is 4.92 Å². The van der Waals surface area contributed by atoms with E-state index >= 15 is 0 Å². The molecule has 0 spiro atoms. The lowest BCUT2D eigenvalue weighted by Crippen LogP contribution is -2.28. The van der Waals surface area contributed by atoms with Crippen LogP contribution >= 0.6 is 0 Å². The molecule has 0 saturated heterocycles. The zero-order valence-electron chi connectivity index (χ0n) is 10.2. The third-order valence-corrected chi connectivity index (χ3v) is 3.67. The summed E-state index contributed by atoms with van der Waals surface area (Å²) in [5.74, 6) is 0. The summed E-state index contributed by atoms with van der Waals surface area (Å²) in [6.45, 7) is 1.62. The van der Waals surface area contributed by atoms with Crippen LogP contribution in [0.25, 0.3) is 0 Å². The maximum absolute atomic E-state index is 12.1. The van der Waals surface area contributed by atoms with Crippen LogP contribution in [0.4, 0.5) is 5.69 Å². The van der Waals surface area contributed by atoms with Gasteiger partial charge in [-0.3, -0.25) is 19.6 Å². The number of nitro groups is 1. The second-order valence-corrected chi connectivity index (χ2v) is 4.66. The lowest BCUT2D eigenvalue weighted by molar-refractivity contribution is -0.386. The van der Waals surface area contributed by atoms with Crippen molar-refractivity contribution in [2.75, 3.05) is 0 Å². The van der Waals surface area contributed by atoms with Gasteiger partial charge in [0, 0.05) is 7.05 Å². The third-order valence-electron chi connectivity index (χ3n) is 3.67. The average molecular weight is 239 g/mol. The molecule has 6 heteroatoms. The second-order valence-electron chi connectivity index (χ2n) is 4.66. The predicted molar refractivity (Wildman–Crippen MR) is 63.2 cm³/mol. The quantitative estimate of drug-likeness (QED) is 0.584. The first-order valence-corrected chi connectivity index (χ1v) is 5.96. The van der Waals surface area contributed by atoms with Crippen molar-refractivity contribution in [3.05, 3.63) is 26.2 Å². The van der Waals surface area contributed by atoms with Crippen molar-refractivity contribution in [2.45, 2.75) is 45.1 Å². The van der Waals surface area contributed by atoms with E-state index in [9.17, 15) is 14.9 Å². The summed E-state index contributed by atoms with van der Waals surface area (Å²) >= 11 is 0. The van der Waals surface area contributed by atoms with Gasteiger partial charge in [-0.05, 0) is 19.8 Å². The Balaban J connectivity index is 2.50. The van der Waals surface area contributed by atoms with Gasteiger partial charge < -0.3 is 0 Å². The minimum Gasteiger partial charge on any atom is -0.283 e. The van der Waals surface area contributed by atoms with Crippen LogP contribution in [-0.4, -0.2) is 14.3 Å². The SMILES string of the molecule is Cc1c([N+](=O)[O-])c(=O)n(C2CCCCC2)n1C. The van der Waals surface area contributed by atoms with E-state index in [1.807, 2.05) is 0 Å². The molecule has 0 aliphatic heterocycles. The zero-order chi connectivity index (χ0) is 12.6. The smallest absolute Gasteiger partial charge is 0.283 e. The number of hydrogen-bond donors (Lipinski definition) is 0. The molecule has 1 aromatic rings. The molecule has 1 fully saturated rings. The van der Waals surface area contributed by atoms with Crippen LogP contribution in [0, 0.1) is 17.0 Å². The van der Waals surface area contributed by atoms with Crippen molar-refractivity contribution in [3.63, 3.8) is 0 Å². The first kappa shape index (κ1) is 11.9. The molecular formula is C11H17N3O3. The summed E-state index contributed by atoms with van der Waals surface area (Å²) in [5, 5.41) is 10.9. The molecular weight excluding hydrogens is 222 g/mol. The number of nitrogens with zero attached hydrogens (tertiary/aromatic N) is 3. The van der Waals surface area contributed by atoms with E-state index in [1.54, 1.807) is 23.3 Å². The van der Waals surface area contributed by atoms with Crippen LogP contribution in [0.2, 0.25) is 0 Å². The van der Waals surface area contributed by atoms with E-state index in [4.69, 9.17) is 0 Å². The molecule has 1 heterocycles. The Morgan fingerprint density at radius 1 is 1.29 bits per heavy atom. The summed E-state index contributed by atoms with van der Waals surface area (Å²) in [6.07, 6.45) is 5.25. The predicted octanol–water partition coefficient (Wildman–Crippen LogP) is 1.91. The van der Waals surface area contributed by atoms with Gasteiger partial charge >= 0.3 is 11.2 Å². The van der Waals surface area contributed by atoms with Crippen LogP contribution in [0.3, 0.4) is 0 Å². The van der Waals surface area contributed by atoms with Gasteiger partial charge in [-0.25, -0.2) is 4.68 Å². The van der Waals surface area contributed by atoms with E-state index in [0.717, 1.165) is 25.7 Å². The van der Waals surface area contributed by atoms with Crippen molar-refractivity contribution >= 4 is 5.69 Å². The van der Waals surface area contributed by atoms with Gasteiger partial charge in [0.15, 0.2) is 0 Å². The molecule has 0 atom stereocenters. The van der Waals surface area contributed by atoms with Gasteiger partial charge in [0.1, 0.15) is 5.69 Å². The van der Waals surface area contributed by atoms with Gasteiger partial charge in [-0.2, -0.15) is 0 Å². The van der Waals surface area contributed by atoms with Crippen LogP contribution in [0.15, 0.2) is 4.79 Å². The minimum absolute atomic E-state index is 0.119. The van der Waals surface area contributed by atoms with Crippen molar-refractivity contribution in [1.82, 2.24) is 9.36 Å². The molecule has 0 aromatic carbocycles. The average Bonchev–Trinajstić information content (AvgIpc) is 2.51. The molecule has 6 nitrogen and oxygen atoms in total. The third kappa shape index (κ3) is 1.87.